The molecule has 2 N–H and O–H groups in total. The predicted molar refractivity (Wildman–Crippen MR) is 112 cm³/mol. The normalized spacial score (nSPS) is 13.5. The molecule has 10 nitrogen and oxygen atoms in total. The van der Waals surface area contributed by atoms with Crippen LogP contribution in [0.25, 0.3) is 5.69 Å². The Kier molecular flexibility index (Phi) is 5.40. The number of rotatable bonds is 4. The number of nitriles is 1. The van der Waals surface area contributed by atoms with Crippen LogP contribution in [0, 0.1) is 11.3 Å². The van der Waals surface area contributed by atoms with E-state index < -0.39 is 16.9 Å². The highest BCUT2D eigenvalue weighted by atomic mass is 79.9. The molecule has 152 valence electrons. The van der Waals surface area contributed by atoms with Gasteiger partial charge in [0.1, 0.15) is 6.07 Å². The monoisotopic (exact) mass is 534 g/mol. The van der Waals surface area contributed by atoms with Crippen LogP contribution in [0.15, 0.2) is 41.5 Å². The second-order valence-electron chi connectivity index (χ2n) is 6.59. The van der Waals surface area contributed by atoms with Crippen molar-refractivity contribution in [2.75, 3.05) is 0 Å². The summed E-state index contributed by atoms with van der Waals surface area (Å²) >= 11 is 6.76. The minimum atomic E-state index is -0.858. The van der Waals surface area contributed by atoms with Gasteiger partial charge in [0.05, 0.1) is 14.6 Å². The Balaban J connectivity index is 1.71. The lowest BCUT2D eigenvalue weighted by atomic mass is 9.81. The molecule has 30 heavy (non-hydrogen) atoms. The van der Waals surface area contributed by atoms with Crippen molar-refractivity contribution in [1.82, 2.24) is 25.0 Å². The summed E-state index contributed by atoms with van der Waals surface area (Å²) in [6.45, 7) is 0. The Bertz CT molecular complexity index is 1340. The summed E-state index contributed by atoms with van der Waals surface area (Å²) in [7, 11) is 0. The maximum absolute atomic E-state index is 12.1. The highest BCUT2D eigenvalue weighted by Crippen LogP contribution is 2.39. The minimum absolute atomic E-state index is 0.209. The summed E-state index contributed by atoms with van der Waals surface area (Å²) in [4.78, 5) is 37.7. The van der Waals surface area contributed by atoms with Gasteiger partial charge >= 0.3 is 5.69 Å². The van der Waals surface area contributed by atoms with Crippen molar-refractivity contribution < 1.29 is 4.74 Å². The largest absolute Gasteiger partial charge is 0.435 e. The zero-order valence-corrected chi connectivity index (χ0v) is 18.3. The number of nitrogens with zero attached hydrogens (tertiary/aromatic N) is 4. The number of hydrogen-bond donors (Lipinski definition) is 2. The van der Waals surface area contributed by atoms with E-state index in [0.29, 0.717) is 20.3 Å². The zero-order valence-electron chi connectivity index (χ0n) is 15.1. The minimum Gasteiger partial charge on any atom is -0.435 e. The molecule has 2 heterocycles. The van der Waals surface area contributed by atoms with Gasteiger partial charge in [-0.05, 0) is 62.8 Å². The maximum atomic E-state index is 12.1. The number of benzene rings is 1. The summed E-state index contributed by atoms with van der Waals surface area (Å²) < 4.78 is 7.64. The topological polar surface area (TPSA) is 147 Å². The van der Waals surface area contributed by atoms with Gasteiger partial charge in [0.15, 0.2) is 5.75 Å². The van der Waals surface area contributed by atoms with Gasteiger partial charge in [0.25, 0.3) is 11.1 Å². The quantitative estimate of drug-likeness (QED) is 0.521. The molecule has 0 amide bonds. The van der Waals surface area contributed by atoms with Crippen LogP contribution >= 0.6 is 31.9 Å². The van der Waals surface area contributed by atoms with Crippen LogP contribution in [0.5, 0.6) is 11.6 Å². The van der Waals surface area contributed by atoms with Crippen molar-refractivity contribution in [3.63, 3.8) is 0 Å². The molecular weight excluding hydrogens is 524 g/mol. The average Bonchev–Trinajstić information content (AvgIpc) is 2.65. The van der Waals surface area contributed by atoms with E-state index in [1.54, 1.807) is 12.1 Å². The highest BCUT2D eigenvalue weighted by molar-refractivity contribution is 9.11. The van der Waals surface area contributed by atoms with Crippen LogP contribution in [0.4, 0.5) is 0 Å². The van der Waals surface area contributed by atoms with E-state index in [1.165, 1.54) is 12.1 Å². The van der Waals surface area contributed by atoms with E-state index >= 15 is 0 Å². The number of aromatic nitrogens is 5. The summed E-state index contributed by atoms with van der Waals surface area (Å²) in [5.41, 5.74) is -1.39. The molecule has 3 aromatic rings. The standard InChI is InChI=1S/C18H12Br2N6O4/c19-11-4-9(26-18(29)22-17(28)13(7-21)25-26)5-12(20)15(11)30-14-6-10(8-2-1-3-8)16(27)24-23-14/h4-6,8H,1-3H2,(H,24,27)(H,22,28,29). The van der Waals surface area contributed by atoms with Crippen LogP contribution in [-0.2, 0) is 0 Å². The third-order valence-electron chi connectivity index (χ3n) is 4.72. The molecular formula is C18H12Br2N6O4. The number of halogens is 2. The van der Waals surface area contributed by atoms with Gasteiger partial charge in [-0.3, -0.25) is 14.6 Å². The fourth-order valence-electron chi connectivity index (χ4n) is 3.00. The number of ether oxygens (including phenoxy) is 1. The Morgan fingerprint density at radius 1 is 1.13 bits per heavy atom. The second kappa shape index (κ2) is 8.00. The van der Waals surface area contributed by atoms with E-state index in [0.717, 1.165) is 23.9 Å². The summed E-state index contributed by atoms with van der Waals surface area (Å²) in [6, 6.07) is 6.33. The molecule has 1 aliphatic carbocycles. The molecule has 4 rings (SSSR count). The molecule has 1 aromatic carbocycles. The molecule has 1 fully saturated rings. The third-order valence-corrected chi connectivity index (χ3v) is 5.90. The molecule has 0 atom stereocenters. The zero-order chi connectivity index (χ0) is 21.4. The van der Waals surface area contributed by atoms with Crippen molar-refractivity contribution in [3.05, 3.63) is 69.6 Å². The molecule has 0 saturated heterocycles. The first kappa shape index (κ1) is 20.2. The highest BCUT2D eigenvalue weighted by Gasteiger charge is 2.23. The Morgan fingerprint density at radius 3 is 2.43 bits per heavy atom. The average molecular weight is 536 g/mol. The number of H-pyrrole nitrogens is 2. The van der Waals surface area contributed by atoms with Gasteiger partial charge in [0, 0.05) is 11.6 Å². The van der Waals surface area contributed by atoms with Crippen molar-refractivity contribution in [2.24, 2.45) is 0 Å². The van der Waals surface area contributed by atoms with Crippen molar-refractivity contribution >= 4 is 31.9 Å². The van der Waals surface area contributed by atoms with Gasteiger partial charge in [-0.1, -0.05) is 6.42 Å². The lowest BCUT2D eigenvalue weighted by Gasteiger charge is -2.24. The van der Waals surface area contributed by atoms with E-state index in [9.17, 15) is 14.4 Å². The summed E-state index contributed by atoms with van der Waals surface area (Å²) in [5, 5.41) is 19.2. The Morgan fingerprint density at radius 2 is 1.83 bits per heavy atom. The van der Waals surface area contributed by atoms with Crippen molar-refractivity contribution in [3.8, 4) is 23.4 Å². The SMILES string of the molecule is N#Cc1nn(-c2cc(Br)c(Oc3cc(C4CCC4)c(=O)[nH]n3)c(Br)c2)c(=O)[nH]c1=O. The molecule has 0 spiro atoms. The first-order chi connectivity index (χ1) is 14.4. The lowest BCUT2D eigenvalue weighted by Crippen LogP contribution is -2.33. The van der Waals surface area contributed by atoms with E-state index in [2.05, 4.69) is 47.2 Å². The van der Waals surface area contributed by atoms with Crippen molar-refractivity contribution in [1.29, 1.82) is 5.26 Å². The predicted octanol–water partition coefficient (Wildman–Crippen LogP) is 2.46. The number of nitrogens with one attached hydrogen (secondary N) is 2. The molecule has 2 aromatic heterocycles. The van der Waals surface area contributed by atoms with Gasteiger partial charge in [0.2, 0.25) is 11.6 Å². The first-order valence-corrected chi connectivity index (χ1v) is 10.4. The molecule has 0 unspecified atom stereocenters. The fourth-order valence-corrected chi connectivity index (χ4v) is 4.32. The maximum Gasteiger partial charge on any atom is 0.349 e. The fraction of sp³-hybridized carbons (Fsp3) is 0.222. The molecule has 0 radical (unpaired) electrons. The molecule has 1 saturated carbocycles. The summed E-state index contributed by atoms with van der Waals surface area (Å²) in [5.74, 6) is 0.786. The van der Waals surface area contributed by atoms with Gasteiger partial charge in [-0.25, -0.2) is 9.89 Å². The van der Waals surface area contributed by atoms with Crippen LogP contribution < -0.4 is 21.5 Å². The van der Waals surface area contributed by atoms with Crippen LogP contribution in [0.3, 0.4) is 0 Å². The van der Waals surface area contributed by atoms with Crippen molar-refractivity contribution in [2.45, 2.75) is 25.2 Å². The lowest BCUT2D eigenvalue weighted by molar-refractivity contribution is 0.406. The number of aromatic amines is 2. The Labute approximate surface area is 184 Å². The van der Waals surface area contributed by atoms with Crippen LogP contribution in [0.2, 0.25) is 0 Å². The van der Waals surface area contributed by atoms with E-state index in [4.69, 9.17) is 10.00 Å². The van der Waals surface area contributed by atoms with E-state index in [-0.39, 0.29) is 23.0 Å². The third kappa shape index (κ3) is 3.73. The Hall–Kier alpha value is -3.04. The molecule has 0 aliphatic heterocycles. The molecule has 12 heteroatoms. The summed E-state index contributed by atoms with van der Waals surface area (Å²) in [6.07, 6.45) is 3.01. The van der Waals surface area contributed by atoms with Crippen LogP contribution in [-0.4, -0.2) is 25.0 Å². The van der Waals surface area contributed by atoms with Gasteiger partial charge < -0.3 is 4.74 Å². The first-order valence-electron chi connectivity index (χ1n) is 8.78. The number of hydrogen-bond acceptors (Lipinski definition) is 7. The molecule has 0 bridgehead atoms. The smallest absolute Gasteiger partial charge is 0.349 e. The van der Waals surface area contributed by atoms with Crippen LogP contribution in [0.1, 0.15) is 36.4 Å². The van der Waals surface area contributed by atoms with Gasteiger partial charge in [-0.2, -0.15) is 9.94 Å². The van der Waals surface area contributed by atoms with E-state index in [1.807, 2.05) is 4.98 Å². The van der Waals surface area contributed by atoms with Gasteiger partial charge in [-0.15, -0.1) is 10.2 Å². The molecule has 1 aliphatic rings. The second-order valence-corrected chi connectivity index (χ2v) is 8.30.